The summed E-state index contributed by atoms with van der Waals surface area (Å²) in [5.74, 6) is 0. The molecule has 0 aromatic heterocycles. The summed E-state index contributed by atoms with van der Waals surface area (Å²) in [6.07, 6.45) is -0.338. The van der Waals surface area contributed by atoms with Crippen molar-refractivity contribution in [3.63, 3.8) is 0 Å². The van der Waals surface area contributed by atoms with Gasteiger partial charge in [0.05, 0.1) is 6.61 Å². The maximum atomic E-state index is 10.3. The molecule has 0 radical (unpaired) electrons. The van der Waals surface area contributed by atoms with Crippen LogP contribution >= 0.6 is 0 Å². The van der Waals surface area contributed by atoms with E-state index in [2.05, 4.69) is 10.1 Å². The van der Waals surface area contributed by atoms with Gasteiger partial charge in [0.15, 0.2) is 0 Å². The molecule has 0 saturated heterocycles. The highest BCUT2D eigenvalue weighted by Crippen LogP contribution is 1.72. The molecule has 4 nitrogen and oxygen atoms in total. The Morgan fingerprint density at radius 2 is 1.91 bits per heavy atom. The van der Waals surface area contributed by atoms with Gasteiger partial charge in [-0.3, -0.25) is 0 Å². The smallest absolute Gasteiger partial charge is 0.407 e. The topological polar surface area (TPSA) is 64.3 Å². The lowest BCUT2D eigenvalue weighted by Crippen LogP contribution is -2.23. The average Bonchev–Trinajstić information content (AvgIpc) is 1.90. The highest BCUT2D eigenvalue weighted by atomic mass is 16.5. The number of alkyl carbamates (subject to hydrolysis) is 1. The third-order valence-electron chi connectivity index (χ3n) is 0.597. The molecule has 0 aromatic carbocycles. The summed E-state index contributed by atoms with van der Waals surface area (Å²) in [5.41, 5.74) is 4.85. The van der Waals surface area contributed by atoms with Crippen LogP contribution in [0.15, 0.2) is 0 Å². The van der Waals surface area contributed by atoms with Crippen LogP contribution in [0.2, 0.25) is 0 Å². The van der Waals surface area contributed by atoms with Crippen LogP contribution in [0.25, 0.3) is 0 Å². The van der Waals surface area contributed by atoms with Gasteiger partial charge in [-0.25, -0.2) is 4.79 Å². The van der Waals surface area contributed by atoms with Gasteiger partial charge in [0.25, 0.3) is 0 Å². The first-order chi connectivity index (χ1) is 5.22. The standard InChI is InChI=1S/C5H11NO2.C2H7N/c1-3-6-5(7)8-4-2;1-2-3/h3-4H2,1-2H3,(H,6,7);2-3H2,1H3. The molecule has 68 valence electrons. The number of nitrogens with one attached hydrogen (secondary N) is 1. The minimum absolute atomic E-state index is 0.338. The third kappa shape index (κ3) is 17.6. The van der Waals surface area contributed by atoms with Crippen molar-refractivity contribution < 1.29 is 9.53 Å². The fourth-order valence-electron chi connectivity index (χ4n) is 0.326. The Morgan fingerprint density at radius 3 is 2.18 bits per heavy atom. The van der Waals surface area contributed by atoms with Gasteiger partial charge in [-0.15, -0.1) is 0 Å². The lowest BCUT2D eigenvalue weighted by atomic mass is 10.7. The van der Waals surface area contributed by atoms with Crippen molar-refractivity contribution in [2.24, 2.45) is 5.73 Å². The number of hydrogen-bond acceptors (Lipinski definition) is 3. The van der Waals surface area contributed by atoms with Crippen molar-refractivity contribution in [2.45, 2.75) is 20.8 Å². The molecule has 0 rings (SSSR count). The highest BCUT2D eigenvalue weighted by molar-refractivity contribution is 5.66. The minimum atomic E-state index is -0.338. The lowest BCUT2D eigenvalue weighted by molar-refractivity contribution is 0.153. The Kier molecular flexibility index (Phi) is 14.0. The molecule has 0 heterocycles. The predicted molar refractivity (Wildman–Crippen MR) is 45.4 cm³/mol. The van der Waals surface area contributed by atoms with Crippen molar-refractivity contribution in [2.75, 3.05) is 19.7 Å². The number of ether oxygens (including phenoxy) is 1. The van der Waals surface area contributed by atoms with Crippen LogP contribution in [-0.4, -0.2) is 25.8 Å². The summed E-state index contributed by atoms with van der Waals surface area (Å²) in [7, 11) is 0. The number of rotatable bonds is 2. The second-order valence-electron chi connectivity index (χ2n) is 1.66. The summed E-state index contributed by atoms with van der Waals surface area (Å²) >= 11 is 0. The third-order valence-corrected chi connectivity index (χ3v) is 0.597. The Bertz CT molecular complexity index is 78.5. The molecular weight excluding hydrogens is 144 g/mol. The number of amides is 1. The van der Waals surface area contributed by atoms with E-state index in [4.69, 9.17) is 5.73 Å². The molecule has 1 amide bonds. The van der Waals surface area contributed by atoms with E-state index in [1.165, 1.54) is 0 Å². The lowest BCUT2D eigenvalue weighted by Gasteiger charge is -1.99. The van der Waals surface area contributed by atoms with Crippen LogP contribution in [0.5, 0.6) is 0 Å². The highest BCUT2D eigenvalue weighted by Gasteiger charge is 1.92. The molecule has 0 fully saturated rings. The molecule has 0 atom stereocenters. The first-order valence-corrected chi connectivity index (χ1v) is 3.83. The number of carbonyl (C=O) groups is 1. The van der Waals surface area contributed by atoms with Gasteiger partial charge in [0.2, 0.25) is 0 Å². The average molecular weight is 162 g/mol. The monoisotopic (exact) mass is 162 g/mol. The summed E-state index contributed by atoms with van der Waals surface area (Å²) in [6.45, 7) is 7.33. The van der Waals surface area contributed by atoms with Crippen LogP contribution in [0, 0.1) is 0 Å². The van der Waals surface area contributed by atoms with Gasteiger partial charge in [0, 0.05) is 6.54 Å². The predicted octanol–water partition coefficient (Wildman–Crippen LogP) is 0.717. The fraction of sp³-hybridized carbons (Fsp3) is 0.857. The van der Waals surface area contributed by atoms with Gasteiger partial charge in [0.1, 0.15) is 0 Å². The Hall–Kier alpha value is -0.770. The molecule has 0 saturated carbocycles. The maximum Gasteiger partial charge on any atom is 0.407 e. The van der Waals surface area contributed by atoms with Gasteiger partial charge in [-0.2, -0.15) is 0 Å². The van der Waals surface area contributed by atoms with E-state index in [0.717, 1.165) is 6.54 Å². The summed E-state index contributed by atoms with van der Waals surface area (Å²) < 4.78 is 4.53. The van der Waals surface area contributed by atoms with Gasteiger partial charge in [-0.1, -0.05) is 6.92 Å². The first-order valence-electron chi connectivity index (χ1n) is 3.83. The van der Waals surface area contributed by atoms with E-state index >= 15 is 0 Å². The number of nitrogens with two attached hydrogens (primary N) is 1. The van der Waals surface area contributed by atoms with Crippen molar-refractivity contribution >= 4 is 6.09 Å². The van der Waals surface area contributed by atoms with E-state index in [0.29, 0.717) is 13.2 Å². The van der Waals surface area contributed by atoms with Crippen molar-refractivity contribution in [3.8, 4) is 0 Å². The second-order valence-corrected chi connectivity index (χ2v) is 1.66. The molecule has 4 heteroatoms. The van der Waals surface area contributed by atoms with Crippen molar-refractivity contribution in [1.82, 2.24) is 5.32 Å². The normalized spacial score (nSPS) is 7.64. The van der Waals surface area contributed by atoms with E-state index in [1.54, 1.807) is 6.92 Å². The number of hydrogen-bond donors (Lipinski definition) is 2. The van der Waals surface area contributed by atoms with Crippen molar-refractivity contribution in [3.05, 3.63) is 0 Å². The summed E-state index contributed by atoms with van der Waals surface area (Å²) in [4.78, 5) is 10.3. The Labute approximate surface area is 68.1 Å². The Balaban J connectivity index is 0. The molecule has 0 bridgehead atoms. The molecule has 11 heavy (non-hydrogen) atoms. The second kappa shape index (κ2) is 12.0. The van der Waals surface area contributed by atoms with Crippen molar-refractivity contribution in [1.29, 1.82) is 0 Å². The quantitative estimate of drug-likeness (QED) is 0.628. The van der Waals surface area contributed by atoms with E-state index in [-0.39, 0.29) is 6.09 Å². The maximum absolute atomic E-state index is 10.3. The van der Waals surface area contributed by atoms with E-state index < -0.39 is 0 Å². The number of carbonyl (C=O) groups excluding carboxylic acids is 1. The molecule has 0 aliphatic heterocycles. The van der Waals surface area contributed by atoms with Crippen LogP contribution in [-0.2, 0) is 4.74 Å². The van der Waals surface area contributed by atoms with Gasteiger partial charge >= 0.3 is 6.09 Å². The zero-order chi connectivity index (χ0) is 9.11. The minimum Gasteiger partial charge on any atom is -0.450 e. The SMILES string of the molecule is CCN.CCNC(=O)OCC. The molecular formula is C7H18N2O2. The summed E-state index contributed by atoms with van der Waals surface area (Å²) in [6, 6.07) is 0. The van der Waals surface area contributed by atoms with E-state index in [9.17, 15) is 4.79 Å². The molecule has 3 N–H and O–H groups in total. The van der Waals surface area contributed by atoms with Gasteiger partial charge in [-0.05, 0) is 20.4 Å². The molecule has 0 aromatic rings. The molecule has 0 aliphatic rings. The van der Waals surface area contributed by atoms with E-state index in [1.807, 2.05) is 13.8 Å². The van der Waals surface area contributed by atoms with Crippen LogP contribution in [0.3, 0.4) is 0 Å². The molecule has 0 unspecified atom stereocenters. The first kappa shape index (κ1) is 12.9. The molecule has 0 aliphatic carbocycles. The summed E-state index contributed by atoms with van der Waals surface area (Å²) in [5, 5.41) is 2.49. The fourth-order valence-corrected chi connectivity index (χ4v) is 0.326. The van der Waals surface area contributed by atoms with Gasteiger partial charge < -0.3 is 15.8 Å². The zero-order valence-corrected chi connectivity index (χ0v) is 7.52. The largest absolute Gasteiger partial charge is 0.450 e. The van der Waals surface area contributed by atoms with Crippen LogP contribution < -0.4 is 11.1 Å². The van der Waals surface area contributed by atoms with Crippen LogP contribution in [0.1, 0.15) is 20.8 Å². The zero-order valence-electron chi connectivity index (χ0n) is 7.52. The van der Waals surface area contributed by atoms with Crippen LogP contribution in [0.4, 0.5) is 4.79 Å². The molecule has 0 spiro atoms. The Morgan fingerprint density at radius 1 is 1.45 bits per heavy atom.